The van der Waals surface area contributed by atoms with Gasteiger partial charge in [0.05, 0.1) is 0 Å². The molecule has 0 spiro atoms. The van der Waals surface area contributed by atoms with E-state index in [1.807, 2.05) is 56.3 Å². The van der Waals surface area contributed by atoms with Crippen LogP contribution in [0.4, 0.5) is 5.69 Å². The highest BCUT2D eigenvalue weighted by Gasteiger charge is 2.13. The predicted octanol–water partition coefficient (Wildman–Crippen LogP) is 4.92. The van der Waals surface area contributed by atoms with Crippen molar-refractivity contribution < 1.29 is 19.1 Å². The van der Waals surface area contributed by atoms with Crippen molar-refractivity contribution in [2.75, 3.05) is 18.5 Å². The van der Waals surface area contributed by atoms with Gasteiger partial charge in [0.1, 0.15) is 5.75 Å². The van der Waals surface area contributed by atoms with Crippen molar-refractivity contribution in [2.24, 2.45) is 0 Å². The van der Waals surface area contributed by atoms with Gasteiger partial charge in [-0.3, -0.25) is 4.79 Å². The second-order valence-electron chi connectivity index (χ2n) is 6.55. The predicted molar refractivity (Wildman–Crippen MR) is 115 cm³/mol. The van der Waals surface area contributed by atoms with Gasteiger partial charge in [0.15, 0.2) is 13.2 Å². The summed E-state index contributed by atoms with van der Waals surface area (Å²) in [6.45, 7) is 3.26. The fraction of sp³-hybridized carbons (Fsp3) is 0.217. The van der Waals surface area contributed by atoms with Gasteiger partial charge < -0.3 is 14.8 Å². The number of nitrogens with one attached hydrogen (secondary N) is 1. The first-order valence-electron chi connectivity index (χ1n) is 9.33. The molecule has 0 fully saturated rings. The molecule has 0 saturated heterocycles. The van der Waals surface area contributed by atoms with Crippen molar-refractivity contribution >= 4 is 39.9 Å². The molecule has 1 amide bonds. The lowest BCUT2D eigenvalue weighted by Gasteiger charge is -2.13. The third kappa shape index (κ3) is 5.06. The number of ether oxygens (including phenoxy) is 2. The topological polar surface area (TPSA) is 64.6 Å². The summed E-state index contributed by atoms with van der Waals surface area (Å²) in [5.74, 6) is -0.488. The molecule has 1 N–H and O–H groups in total. The van der Waals surface area contributed by atoms with Gasteiger partial charge >= 0.3 is 5.97 Å². The van der Waals surface area contributed by atoms with E-state index in [-0.39, 0.29) is 19.1 Å². The number of anilines is 1. The lowest BCUT2D eigenvalue weighted by Crippen LogP contribution is -2.24. The van der Waals surface area contributed by atoms with Crippen LogP contribution < -0.4 is 10.1 Å². The van der Waals surface area contributed by atoms with Crippen molar-refractivity contribution in [3.05, 3.63) is 70.7 Å². The molecule has 3 aromatic rings. The van der Waals surface area contributed by atoms with Gasteiger partial charge in [-0.1, -0.05) is 61.0 Å². The highest BCUT2D eigenvalue weighted by Crippen LogP contribution is 2.31. The van der Waals surface area contributed by atoms with Gasteiger partial charge in [0.2, 0.25) is 0 Å². The van der Waals surface area contributed by atoms with Crippen LogP contribution in [0.3, 0.4) is 0 Å². The molecule has 3 rings (SSSR count). The second kappa shape index (κ2) is 9.43. The molecule has 0 aliphatic heterocycles. The number of rotatable bonds is 7. The van der Waals surface area contributed by atoms with Crippen LogP contribution in [0.2, 0.25) is 5.02 Å². The molecule has 6 heteroatoms. The number of amides is 1. The first-order chi connectivity index (χ1) is 14.0. The number of esters is 1. The molecule has 0 radical (unpaired) electrons. The zero-order valence-corrected chi connectivity index (χ0v) is 17.1. The molecule has 5 nitrogen and oxygen atoms in total. The summed E-state index contributed by atoms with van der Waals surface area (Å²) in [7, 11) is 0. The van der Waals surface area contributed by atoms with Gasteiger partial charge in [0, 0.05) is 21.5 Å². The number of carbonyl (C=O) groups excluding carboxylic acids is 2. The van der Waals surface area contributed by atoms with Crippen LogP contribution in [-0.4, -0.2) is 25.1 Å². The Bertz CT molecular complexity index is 1050. The smallest absolute Gasteiger partial charge is 0.344 e. The van der Waals surface area contributed by atoms with Crippen LogP contribution in [0.25, 0.3) is 10.8 Å². The van der Waals surface area contributed by atoms with Gasteiger partial charge in [-0.15, -0.1) is 0 Å². The lowest BCUT2D eigenvalue weighted by atomic mass is 10.1. The molecule has 0 aliphatic carbocycles. The van der Waals surface area contributed by atoms with Crippen molar-refractivity contribution in [3.8, 4) is 5.75 Å². The highest BCUT2D eigenvalue weighted by atomic mass is 35.5. The normalized spacial score (nSPS) is 10.6. The molecule has 3 aromatic carbocycles. The SMILES string of the molecule is CCc1cccc(C)c1NC(=O)COC(=O)COc1ccc(Cl)c2ccccc12. The molecule has 150 valence electrons. The number of aryl methyl sites for hydroxylation is 2. The average Bonchev–Trinajstić information content (AvgIpc) is 2.73. The van der Waals surface area contributed by atoms with Crippen LogP contribution in [0.5, 0.6) is 5.75 Å². The Morgan fingerprint density at radius 1 is 0.966 bits per heavy atom. The minimum Gasteiger partial charge on any atom is -0.481 e. The van der Waals surface area contributed by atoms with Crippen LogP contribution in [0.15, 0.2) is 54.6 Å². The lowest BCUT2D eigenvalue weighted by molar-refractivity contribution is -0.149. The fourth-order valence-corrected chi connectivity index (χ4v) is 3.29. The third-order valence-corrected chi connectivity index (χ3v) is 4.87. The second-order valence-corrected chi connectivity index (χ2v) is 6.96. The minimum atomic E-state index is -0.625. The van der Waals surface area contributed by atoms with E-state index in [4.69, 9.17) is 21.1 Å². The fourth-order valence-electron chi connectivity index (χ4n) is 3.06. The summed E-state index contributed by atoms with van der Waals surface area (Å²) in [6, 6.07) is 16.7. The zero-order valence-electron chi connectivity index (χ0n) is 16.3. The van der Waals surface area contributed by atoms with Crippen molar-refractivity contribution in [1.29, 1.82) is 0 Å². The van der Waals surface area contributed by atoms with Crippen LogP contribution in [-0.2, 0) is 20.7 Å². The highest BCUT2D eigenvalue weighted by molar-refractivity contribution is 6.35. The van der Waals surface area contributed by atoms with Crippen molar-refractivity contribution in [2.45, 2.75) is 20.3 Å². The Morgan fingerprint density at radius 2 is 1.72 bits per heavy atom. The number of hydrogen-bond donors (Lipinski definition) is 1. The molecule has 0 bridgehead atoms. The van der Waals surface area contributed by atoms with Gasteiger partial charge in [-0.25, -0.2) is 4.79 Å². The molecule has 29 heavy (non-hydrogen) atoms. The Kier molecular flexibility index (Phi) is 6.73. The van der Waals surface area contributed by atoms with E-state index in [9.17, 15) is 9.59 Å². The standard InChI is InChI=1S/C23H22ClNO4/c1-3-16-8-6-7-15(2)23(16)25-21(26)13-29-22(27)14-28-20-12-11-19(24)17-9-4-5-10-18(17)20/h4-12H,3,13-14H2,1-2H3,(H,25,26). The first kappa shape index (κ1) is 20.7. The summed E-state index contributed by atoms with van der Waals surface area (Å²) in [5, 5.41) is 5.06. The summed E-state index contributed by atoms with van der Waals surface area (Å²) in [6.07, 6.45) is 0.792. The van der Waals surface area contributed by atoms with E-state index in [0.717, 1.165) is 34.0 Å². The van der Waals surface area contributed by atoms with E-state index in [2.05, 4.69) is 5.32 Å². The van der Waals surface area contributed by atoms with E-state index < -0.39 is 5.97 Å². The van der Waals surface area contributed by atoms with Crippen molar-refractivity contribution in [1.82, 2.24) is 0 Å². The number of para-hydroxylation sites is 1. The molecule has 0 aliphatic rings. The maximum atomic E-state index is 12.2. The van der Waals surface area contributed by atoms with E-state index >= 15 is 0 Å². The van der Waals surface area contributed by atoms with E-state index in [1.54, 1.807) is 12.1 Å². The van der Waals surface area contributed by atoms with Crippen LogP contribution in [0, 0.1) is 6.92 Å². The number of benzene rings is 3. The number of hydrogen-bond acceptors (Lipinski definition) is 4. The molecule has 0 aromatic heterocycles. The Balaban J connectivity index is 1.55. The molecular weight excluding hydrogens is 390 g/mol. The molecule has 0 unspecified atom stereocenters. The van der Waals surface area contributed by atoms with Crippen LogP contribution >= 0.6 is 11.6 Å². The molecule has 0 atom stereocenters. The summed E-state index contributed by atoms with van der Waals surface area (Å²) in [4.78, 5) is 24.2. The van der Waals surface area contributed by atoms with E-state index in [0.29, 0.717) is 10.8 Å². The molecule has 0 saturated carbocycles. The Morgan fingerprint density at radius 3 is 2.48 bits per heavy atom. The van der Waals surface area contributed by atoms with Gasteiger partial charge in [0.25, 0.3) is 5.91 Å². The van der Waals surface area contributed by atoms with Crippen LogP contribution in [0.1, 0.15) is 18.1 Å². The van der Waals surface area contributed by atoms with Gasteiger partial charge in [-0.05, 0) is 36.6 Å². The number of halogens is 1. The quantitative estimate of drug-likeness (QED) is 0.560. The maximum Gasteiger partial charge on any atom is 0.344 e. The summed E-state index contributed by atoms with van der Waals surface area (Å²) < 4.78 is 10.6. The Hall–Kier alpha value is -3.05. The average molecular weight is 412 g/mol. The largest absolute Gasteiger partial charge is 0.481 e. The Labute approximate surface area is 174 Å². The van der Waals surface area contributed by atoms with E-state index in [1.165, 1.54) is 0 Å². The first-order valence-corrected chi connectivity index (χ1v) is 9.71. The third-order valence-electron chi connectivity index (χ3n) is 4.55. The molecular formula is C23H22ClNO4. The summed E-state index contributed by atoms with van der Waals surface area (Å²) >= 11 is 6.18. The number of fused-ring (bicyclic) bond motifs is 1. The van der Waals surface area contributed by atoms with Gasteiger partial charge in [-0.2, -0.15) is 0 Å². The van der Waals surface area contributed by atoms with Crippen molar-refractivity contribution in [3.63, 3.8) is 0 Å². The molecule has 0 heterocycles. The zero-order chi connectivity index (χ0) is 20.8. The monoisotopic (exact) mass is 411 g/mol. The summed E-state index contributed by atoms with van der Waals surface area (Å²) in [5.41, 5.74) is 2.75. The maximum absolute atomic E-state index is 12.2. The number of carbonyl (C=O) groups is 2. The minimum absolute atomic E-state index is 0.302.